The molecule has 2 heterocycles. The molecule has 0 aromatic heterocycles. The van der Waals surface area contributed by atoms with E-state index >= 15 is 0 Å². The lowest BCUT2D eigenvalue weighted by atomic mass is 9.71. The Balaban J connectivity index is 1.84. The molecule has 1 spiro atoms. The molecule has 2 aliphatic heterocycles. The number of amides is 5. The van der Waals surface area contributed by atoms with Crippen molar-refractivity contribution in [2.75, 3.05) is 33.7 Å². The summed E-state index contributed by atoms with van der Waals surface area (Å²) in [5.74, 6) is -0.597. The molecule has 5 amide bonds. The van der Waals surface area contributed by atoms with Gasteiger partial charge >= 0.3 is 6.03 Å². The van der Waals surface area contributed by atoms with Crippen molar-refractivity contribution in [3.05, 3.63) is 0 Å². The van der Waals surface area contributed by atoms with Crippen LogP contribution < -0.4 is 10.6 Å². The van der Waals surface area contributed by atoms with Crippen molar-refractivity contribution in [2.45, 2.75) is 25.7 Å². The Morgan fingerprint density at radius 2 is 1.73 bits per heavy atom. The average Bonchev–Trinajstić information content (AvgIpc) is 2.43. The van der Waals surface area contributed by atoms with Crippen LogP contribution in [0.2, 0.25) is 0 Å². The van der Waals surface area contributed by atoms with Crippen LogP contribution in [-0.2, 0) is 14.4 Å². The van der Waals surface area contributed by atoms with Gasteiger partial charge in [-0.25, -0.2) is 4.79 Å². The van der Waals surface area contributed by atoms with Crippen LogP contribution in [0.1, 0.15) is 25.7 Å². The molecule has 0 radical (unpaired) electrons. The van der Waals surface area contributed by atoms with Crippen LogP contribution >= 0.6 is 0 Å². The van der Waals surface area contributed by atoms with E-state index in [0.29, 0.717) is 38.8 Å². The van der Waals surface area contributed by atoms with Gasteiger partial charge in [-0.15, -0.1) is 0 Å². The highest BCUT2D eigenvalue weighted by Crippen LogP contribution is 2.40. The van der Waals surface area contributed by atoms with E-state index < -0.39 is 0 Å². The number of hydrogen-bond acceptors (Lipinski definition) is 4. The van der Waals surface area contributed by atoms with Gasteiger partial charge in [0, 0.05) is 40.0 Å². The zero-order valence-electron chi connectivity index (χ0n) is 13.0. The fourth-order valence-electron chi connectivity index (χ4n) is 2.99. The van der Waals surface area contributed by atoms with Crippen molar-refractivity contribution in [3.8, 4) is 0 Å². The Bertz CT molecular complexity index is 477. The third-order valence-corrected chi connectivity index (χ3v) is 4.32. The summed E-state index contributed by atoms with van der Waals surface area (Å²) in [5, 5.41) is 4.86. The molecule has 8 nitrogen and oxygen atoms in total. The van der Waals surface area contributed by atoms with E-state index in [-0.39, 0.29) is 35.7 Å². The largest absolute Gasteiger partial charge is 0.341 e. The van der Waals surface area contributed by atoms with Crippen molar-refractivity contribution >= 4 is 23.8 Å². The van der Waals surface area contributed by atoms with Crippen LogP contribution in [0.3, 0.4) is 0 Å². The molecule has 2 rings (SSSR count). The molecule has 0 aliphatic carbocycles. The van der Waals surface area contributed by atoms with E-state index in [9.17, 15) is 19.2 Å². The molecule has 0 aromatic rings. The molecule has 2 fully saturated rings. The molecule has 22 heavy (non-hydrogen) atoms. The van der Waals surface area contributed by atoms with Crippen LogP contribution in [0.15, 0.2) is 0 Å². The number of urea groups is 1. The maximum Gasteiger partial charge on any atom is 0.317 e. The lowest BCUT2D eigenvalue weighted by molar-refractivity contribution is -0.141. The van der Waals surface area contributed by atoms with E-state index in [1.165, 1.54) is 4.90 Å². The first-order valence-electron chi connectivity index (χ1n) is 7.37. The molecular formula is C14H22N4O4. The molecule has 2 N–H and O–H groups in total. The second kappa shape index (κ2) is 6.33. The number of carbonyl (C=O) groups excluding carboxylic acids is 4. The predicted octanol–water partition coefficient (Wildman–Crippen LogP) is -0.697. The minimum Gasteiger partial charge on any atom is -0.341 e. The van der Waals surface area contributed by atoms with Crippen LogP contribution in [0.25, 0.3) is 0 Å². The second-order valence-corrected chi connectivity index (χ2v) is 6.26. The summed E-state index contributed by atoms with van der Waals surface area (Å²) in [6.07, 6.45) is 1.97. The van der Waals surface area contributed by atoms with Crippen molar-refractivity contribution in [3.63, 3.8) is 0 Å². The molecule has 0 bridgehead atoms. The zero-order chi connectivity index (χ0) is 16.3. The monoisotopic (exact) mass is 310 g/mol. The summed E-state index contributed by atoms with van der Waals surface area (Å²) in [7, 11) is 3.21. The summed E-state index contributed by atoms with van der Waals surface area (Å²) < 4.78 is 0. The Morgan fingerprint density at radius 1 is 1.18 bits per heavy atom. The highest BCUT2D eigenvalue weighted by Gasteiger charge is 2.42. The van der Waals surface area contributed by atoms with Gasteiger partial charge in [0.15, 0.2) is 0 Å². The van der Waals surface area contributed by atoms with Gasteiger partial charge in [0.25, 0.3) is 0 Å². The van der Waals surface area contributed by atoms with Crippen molar-refractivity contribution in [2.24, 2.45) is 5.41 Å². The summed E-state index contributed by atoms with van der Waals surface area (Å²) in [5.41, 5.74) is -0.302. The molecule has 8 heteroatoms. The van der Waals surface area contributed by atoms with Crippen LogP contribution in [0, 0.1) is 5.41 Å². The third kappa shape index (κ3) is 3.75. The number of rotatable bonds is 2. The summed E-state index contributed by atoms with van der Waals surface area (Å²) >= 11 is 0. The molecule has 0 atom stereocenters. The molecular weight excluding hydrogens is 288 g/mol. The van der Waals surface area contributed by atoms with Crippen molar-refractivity contribution < 1.29 is 19.2 Å². The Kier molecular flexibility index (Phi) is 4.68. The lowest BCUT2D eigenvalue weighted by Crippen LogP contribution is -2.52. The number of piperidine rings is 2. The molecule has 2 aliphatic rings. The van der Waals surface area contributed by atoms with Crippen molar-refractivity contribution in [1.29, 1.82) is 0 Å². The normalized spacial score (nSPS) is 20.5. The van der Waals surface area contributed by atoms with E-state index in [1.807, 2.05) is 0 Å². The standard InChI is InChI=1S/C14H22N4O4/c1-17(2)13(22)15-9-12(21)18-5-3-14(4-6-18)7-10(19)16-11(20)8-14/h3-9H2,1-2H3,(H,15,22)(H,16,19,20). The van der Waals surface area contributed by atoms with Crippen LogP contribution in [-0.4, -0.2) is 67.3 Å². The average molecular weight is 310 g/mol. The fraction of sp³-hybridized carbons (Fsp3) is 0.714. The number of nitrogens with one attached hydrogen (secondary N) is 2. The Morgan fingerprint density at radius 3 is 2.23 bits per heavy atom. The SMILES string of the molecule is CN(C)C(=O)NCC(=O)N1CCC2(CC1)CC(=O)NC(=O)C2. The fourth-order valence-corrected chi connectivity index (χ4v) is 2.99. The molecule has 0 aromatic carbocycles. The van der Waals surface area contributed by atoms with Gasteiger partial charge in [0.1, 0.15) is 0 Å². The number of hydrogen-bond donors (Lipinski definition) is 2. The maximum atomic E-state index is 12.1. The molecule has 0 unspecified atom stereocenters. The van der Waals surface area contributed by atoms with Crippen LogP contribution in [0.5, 0.6) is 0 Å². The van der Waals surface area contributed by atoms with E-state index in [1.54, 1.807) is 19.0 Å². The van der Waals surface area contributed by atoms with Gasteiger partial charge in [-0.1, -0.05) is 0 Å². The topological polar surface area (TPSA) is 98.8 Å². The predicted molar refractivity (Wildman–Crippen MR) is 77.7 cm³/mol. The second-order valence-electron chi connectivity index (χ2n) is 6.26. The molecule has 2 saturated heterocycles. The van der Waals surface area contributed by atoms with E-state index in [2.05, 4.69) is 10.6 Å². The van der Waals surface area contributed by atoms with Gasteiger partial charge in [0.2, 0.25) is 17.7 Å². The van der Waals surface area contributed by atoms with E-state index in [4.69, 9.17) is 0 Å². The first kappa shape index (κ1) is 16.3. The minimum absolute atomic E-state index is 0.0383. The minimum atomic E-state index is -0.309. The van der Waals surface area contributed by atoms with E-state index in [0.717, 1.165) is 0 Å². The van der Waals surface area contributed by atoms with Gasteiger partial charge in [0.05, 0.1) is 6.54 Å². The summed E-state index contributed by atoms with van der Waals surface area (Å²) in [4.78, 5) is 49.6. The van der Waals surface area contributed by atoms with Crippen LogP contribution in [0.4, 0.5) is 4.79 Å². The number of nitrogens with zero attached hydrogens (tertiary/aromatic N) is 2. The highest BCUT2D eigenvalue weighted by atomic mass is 16.2. The third-order valence-electron chi connectivity index (χ3n) is 4.32. The summed E-state index contributed by atoms with van der Waals surface area (Å²) in [6.45, 7) is 0.984. The first-order valence-corrected chi connectivity index (χ1v) is 7.37. The molecule has 0 saturated carbocycles. The number of carbonyl (C=O) groups is 4. The van der Waals surface area contributed by atoms with Gasteiger partial charge in [-0.05, 0) is 18.3 Å². The zero-order valence-corrected chi connectivity index (χ0v) is 13.0. The van der Waals surface area contributed by atoms with Gasteiger partial charge in [-0.3, -0.25) is 19.7 Å². The summed E-state index contributed by atoms with van der Waals surface area (Å²) in [6, 6.07) is -0.309. The number of likely N-dealkylation sites (tertiary alicyclic amines) is 1. The highest BCUT2D eigenvalue weighted by molar-refractivity contribution is 5.98. The van der Waals surface area contributed by atoms with Gasteiger partial charge < -0.3 is 15.1 Å². The van der Waals surface area contributed by atoms with Gasteiger partial charge in [-0.2, -0.15) is 0 Å². The smallest absolute Gasteiger partial charge is 0.317 e. The first-order chi connectivity index (χ1) is 10.3. The molecule has 122 valence electrons. The number of imide groups is 1. The quantitative estimate of drug-likeness (QED) is 0.659. The maximum absolute atomic E-state index is 12.1. The van der Waals surface area contributed by atoms with Crippen molar-refractivity contribution in [1.82, 2.24) is 20.4 Å². The Hall–Kier alpha value is -2.12. The lowest BCUT2D eigenvalue weighted by Gasteiger charge is -2.43. The Labute approximate surface area is 129 Å².